The van der Waals surface area contributed by atoms with Gasteiger partial charge in [0.25, 0.3) is 0 Å². The number of nitrogens with zero attached hydrogens (tertiary/aromatic N) is 2. The van der Waals surface area contributed by atoms with E-state index in [1.54, 1.807) is 13.0 Å². The van der Waals surface area contributed by atoms with E-state index in [1.807, 2.05) is 53.5 Å². The lowest BCUT2D eigenvalue weighted by Gasteiger charge is -2.29. The van der Waals surface area contributed by atoms with Crippen molar-refractivity contribution in [1.29, 1.82) is 0 Å². The van der Waals surface area contributed by atoms with Crippen LogP contribution in [0, 0.1) is 5.92 Å². The quantitative estimate of drug-likeness (QED) is 0.358. The van der Waals surface area contributed by atoms with Crippen molar-refractivity contribution in [2.45, 2.75) is 32.8 Å². The molecule has 0 bridgehead atoms. The molecule has 3 rings (SSSR count). The Kier molecular flexibility index (Phi) is 8.16. The van der Waals surface area contributed by atoms with Crippen molar-refractivity contribution >= 4 is 7.05 Å². The molecule has 0 aliphatic rings. The maximum absolute atomic E-state index is 10.8. The van der Waals surface area contributed by atoms with Crippen LogP contribution >= 0.6 is 0 Å². The van der Waals surface area contributed by atoms with Crippen molar-refractivity contribution in [1.82, 2.24) is 15.3 Å². The second-order valence-electron chi connectivity index (χ2n) is 7.83. The largest absolute Gasteiger partial charge is 0.437 e. The summed E-state index contributed by atoms with van der Waals surface area (Å²) in [5, 5.41) is 25.5. The summed E-state index contributed by atoms with van der Waals surface area (Å²) in [7, 11) is -0.700. The van der Waals surface area contributed by atoms with Crippen LogP contribution in [-0.2, 0) is 13.0 Å². The normalized spacial score (nSPS) is 13.2. The molecule has 3 N–H and O–H groups in total. The zero-order chi connectivity index (χ0) is 21.3. The van der Waals surface area contributed by atoms with Gasteiger partial charge in [0.15, 0.2) is 0 Å². The Morgan fingerprint density at radius 3 is 2.30 bits per heavy atom. The number of benzene rings is 2. The first-order valence-electron chi connectivity index (χ1n) is 10.4. The van der Waals surface area contributed by atoms with E-state index in [-0.39, 0.29) is 5.92 Å². The number of pyridine rings is 1. The highest BCUT2D eigenvalue weighted by Crippen LogP contribution is 2.18. The predicted molar refractivity (Wildman–Crippen MR) is 122 cm³/mol. The minimum atomic E-state index is -0.700. The predicted octanol–water partition coefficient (Wildman–Crippen LogP) is 3.41. The lowest BCUT2D eigenvalue weighted by molar-refractivity contribution is 0.0549. The lowest BCUT2D eigenvalue weighted by Crippen LogP contribution is -2.49. The van der Waals surface area contributed by atoms with Crippen LogP contribution in [0.1, 0.15) is 18.1 Å². The van der Waals surface area contributed by atoms with Gasteiger partial charge in [0.1, 0.15) is 0 Å². The molecule has 0 fully saturated rings. The summed E-state index contributed by atoms with van der Waals surface area (Å²) in [5.74, 6) is 0.0947. The zero-order valence-electron chi connectivity index (χ0n) is 17.6. The van der Waals surface area contributed by atoms with Gasteiger partial charge in [-0.3, -0.25) is 10.3 Å². The molecule has 0 radical (unpaired) electrons. The standard InChI is InChI=1S/C24H30BN3O2/c1-19(16-20-8-4-3-5-9-20)24(29)18-28(27-25(2)30)17-21-11-13-22(14-12-21)23-10-6-7-15-26-23/h3-15,19,24,27,29-30H,16-18H2,1-2H3/t19?,24-/m0/s1. The van der Waals surface area contributed by atoms with Crippen LogP contribution in [0.3, 0.4) is 0 Å². The number of aliphatic hydroxyl groups excluding tert-OH is 1. The summed E-state index contributed by atoms with van der Waals surface area (Å²) in [5.41, 5.74) is 4.30. The molecular formula is C24H30BN3O2. The summed E-state index contributed by atoms with van der Waals surface area (Å²) in [6, 6.07) is 24.3. The summed E-state index contributed by atoms with van der Waals surface area (Å²) in [4.78, 5) is 4.38. The molecule has 0 aliphatic carbocycles. The molecule has 0 saturated carbocycles. The Balaban J connectivity index is 1.62. The molecule has 0 spiro atoms. The van der Waals surface area contributed by atoms with E-state index in [2.05, 4.69) is 41.5 Å². The van der Waals surface area contributed by atoms with E-state index < -0.39 is 13.2 Å². The fourth-order valence-electron chi connectivity index (χ4n) is 3.49. The average molecular weight is 403 g/mol. The average Bonchev–Trinajstić information content (AvgIpc) is 2.75. The van der Waals surface area contributed by atoms with Gasteiger partial charge in [0.05, 0.1) is 11.8 Å². The molecule has 156 valence electrons. The van der Waals surface area contributed by atoms with Gasteiger partial charge in [0.2, 0.25) is 0 Å². The minimum Gasteiger partial charge on any atom is -0.437 e. The Bertz CT molecular complexity index is 876. The minimum absolute atomic E-state index is 0.0947. The number of aromatic nitrogens is 1. The van der Waals surface area contributed by atoms with Gasteiger partial charge >= 0.3 is 7.05 Å². The Labute approximate surface area is 179 Å². The highest BCUT2D eigenvalue weighted by Gasteiger charge is 2.20. The zero-order valence-corrected chi connectivity index (χ0v) is 17.6. The van der Waals surface area contributed by atoms with Crippen LogP contribution in [0.25, 0.3) is 11.3 Å². The first-order valence-corrected chi connectivity index (χ1v) is 10.4. The summed E-state index contributed by atoms with van der Waals surface area (Å²) in [6.07, 6.45) is 2.07. The number of hydrogen-bond acceptors (Lipinski definition) is 5. The van der Waals surface area contributed by atoms with Gasteiger partial charge in [-0.15, -0.1) is 0 Å². The van der Waals surface area contributed by atoms with Gasteiger partial charge in [-0.25, -0.2) is 5.01 Å². The molecule has 5 nitrogen and oxygen atoms in total. The van der Waals surface area contributed by atoms with E-state index in [0.717, 1.165) is 23.2 Å². The van der Waals surface area contributed by atoms with Crippen molar-refractivity contribution in [3.63, 3.8) is 0 Å². The molecule has 0 aliphatic heterocycles. The van der Waals surface area contributed by atoms with Crippen LogP contribution in [0.15, 0.2) is 79.0 Å². The lowest BCUT2D eigenvalue weighted by atomic mass is 9.90. The van der Waals surface area contributed by atoms with Crippen molar-refractivity contribution < 1.29 is 10.1 Å². The summed E-state index contributed by atoms with van der Waals surface area (Å²) in [6.45, 7) is 4.72. The highest BCUT2D eigenvalue weighted by molar-refractivity contribution is 6.45. The van der Waals surface area contributed by atoms with Crippen LogP contribution in [0.5, 0.6) is 0 Å². The number of hydrazine groups is 1. The first kappa shape index (κ1) is 22.2. The molecule has 2 atom stereocenters. The van der Waals surface area contributed by atoms with Gasteiger partial charge in [-0.1, -0.05) is 67.6 Å². The van der Waals surface area contributed by atoms with E-state index in [4.69, 9.17) is 0 Å². The van der Waals surface area contributed by atoms with Crippen molar-refractivity contribution in [2.24, 2.45) is 5.92 Å². The fraction of sp³-hybridized carbons (Fsp3) is 0.292. The highest BCUT2D eigenvalue weighted by atomic mass is 16.3. The number of nitrogens with one attached hydrogen (secondary N) is 1. The smallest absolute Gasteiger partial charge is 0.388 e. The third kappa shape index (κ3) is 6.78. The van der Waals surface area contributed by atoms with Gasteiger partial charge in [0, 0.05) is 24.8 Å². The first-order chi connectivity index (χ1) is 14.5. The molecule has 1 aromatic heterocycles. The van der Waals surface area contributed by atoms with Crippen LogP contribution in [0.4, 0.5) is 0 Å². The van der Waals surface area contributed by atoms with Gasteiger partial charge in [-0.2, -0.15) is 0 Å². The Morgan fingerprint density at radius 2 is 1.67 bits per heavy atom. The number of rotatable bonds is 10. The van der Waals surface area contributed by atoms with E-state index in [1.165, 1.54) is 5.56 Å². The third-order valence-electron chi connectivity index (χ3n) is 5.12. The summed E-state index contributed by atoms with van der Waals surface area (Å²) >= 11 is 0. The van der Waals surface area contributed by atoms with E-state index in [0.29, 0.717) is 13.1 Å². The van der Waals surface area contributed by atoms with Crippen LogP contribution in [0.2, 0.25) is 6.82 Å². The van der Waals surface area contributed by atoms with Gasteiger partial charge in [-0.05, 0) is 42.4 Å². The third-order valence-corrected chi connectivity index (χ3v) is 5.12. The summed E-state index contributed by atoms with van der Waals surface area (Å²) < 4.78 is 0. The van der Waals surface area contributed by atoms with Crippen molar-refractivity contribution in [3.05, 3.63) is 90.1 Å². The fourth-order valence-corrected chi connectivity index (χ4v) is 3.49. The second-order valence-corrected chi connectivity index (χ2v) is 7.83. The topological polar surface area (TPSA) is 68.6 Å². The molecule has 1 heterocycles. The van der Waals surface area contributed by atoms with E-state index in [9.17, 15) is 10.1 Å². The van der Waals surface area contributed by atoms with Crippen molar-refractivity contribution in [2.75, 3.05) is 6.54 Å². The molecule has 6 heteroatoms. The molecular weight excluding hydrogens is 373 g/mol. The van der Waals surface area contributed by atoms with Crippen molar-refractivity contribution in [3.8, 4) is 11.3 Å². The SMILES string of the molecule is CB(O)NN(Cc1ccc(-c2ccccn2)cc1)C[C@H](O)C(C)Cc1ccccc1. The number of aliphatic hydroxyl groups is 1. The molecule has 3 aromatic rings. The molecule has 30 heavy (non-hydrogen) atoms. The molecule has 0 saturated heterocycles. The second kappa shape index (κ2) is 11.0. The molecule has 0 amide bonds. The Morgan fingerprint density at radius 1 is 0.967 bits per heavy atom. The van der Waals surface area contributed by atoms with Crippen LogP contribution < -0.4 is 5.34 Å². The van der Waals surface area contributed by atoms with Crippen LogP contribution in [-0.4, -0.2) is 39.8 Å². The molecule has 1 unspecified atom stereocenters. The maximum Gasteiger partial charge on any atom is 0.388 e. The maximum atomic E-state index is 10.8. The van der Waals surface area contributed by atoms with E-state index >= 15 is 0 Å². The monoisotopic (exact) mass is 403 g/mol. The molecule has 2 aromatic carbocycles. The van der Waals surface area contributed by atoms with Gasteiger partial charge < -0.3 is 10.1 Å². The Hall–Kier alpha value is -2.51. The number of hydrogen-bond donors (Lipinski definition) is 3.